The Balaban J connectivity index is 1.46. The van der Waals surface area contributed by atoms with E-state index in [1.54, 1.807) is 17.1 Å². The van der Waals surface area contributed by atoms with Crippen molar-refractivity contribution < 1.29 is 9.59 Å². The van der Waals surface area contributed by atoms with E-state index in [0.29, 0.717) is 24.1 Å². The highest BCUT2D eigenvalue weighted by Gasteiger charge is 2.17. The maximum Gasteiger partial charge on any atom is 0.241 e. The highest BCUT2D eigenvalue weighted by atomic mass is 16.2. The molecule has 0 atom stereocenters. The van der Waals surface area contributed by atoms with E-state index in [4.69, 9.17) is 0 Å². The number of nitrogens with one attached hydrogen (secondary N) is 2. The Bertz CT molecular complexity index is 789. The first-order chi connectivity index (χ1) is 13.5. The van der Waals surface area contributed by atoms with Gasteiger partial charge in [-0.15, -0.1) is 0 Å². The summed E-state index contributed by atoms with van der Waals surface area (Å²) in [5.74, 6) is 0.492. The van der Waals surface area contributed by atoms with Crippen molar-refractivity contribution in [3.05, 3.63) is 47.8 Å². The molecule has 1 aromatic heterocycles. The summed E-state index contributed by atoms with van der Waals surface area (Å²) in [6, 6.07) is 8.49. The fourth-order valence-corrected chi connectivity index (χ4v) is 3.66. The molecule has 1 heterocycles. The average Bonchev–Trinajstić information content (AvgIpc) is 3.28. The summed E-state index contributed by atoms with van der Waals surface area (Å²) in [6.07, 6.45) is 9.11. The molecule has 0 bridgehead atoms. The number of rotatable bonds is 8. The lowest BCUT2D eigenvalue weighted by Crippen LogP contribution is -2.35. The Labute approximate surface area is 166 Å². The van der Waals surface area contributed by atoms with Crippen LogP contribution in [0, 0.1) is 5.92 Å². The van der Waals surface area contributed by atoms with Crippen molar-refractivity contribution in [1.82, 2.24) is 15.1 Å². The van der Waals surface area contributed by atoms with E-state index in [9.17, 15) is 9.59 Å². The summed E-state index contributed by atoms with van der Waals surface area (Å²) in [5, 5.41) is 10.1. The second-order valence-corrected chi connectivity index (χ2v) is 8.11. The summed E-state index contributed by atoms with van der Waals surface area (Å²) in [4.78, 5) is 24.4. The minimum absolute atomic E-state index is 0.0330. The van der Waals surface area contributed by atoms with Crippen molar-refractivity contribution in [1.29, 1.82) is 0 Å². The van der Waals surface area contributed by atoms with Gasteiger partial charge in [-0.1, -0.05) is 51.0 Å². The number of nitrogens with zero attached hydrogens (tertiary/aromatic N) is 2. The summed E-state index contributed by atoms with van der Waals surface area (Å²) in [7, 11) is 0. The zero-order chi connectivity index (χ0) is 19.9. The van der Waals surface area contributed by atoms with Gasteiger partial charge in [0.05, 0.1) is 18.3 Å². The standard InChI is InChI=1S/C22H30N4O2/c1-16(2)11-17-7-9-18(10-8-17)12-21(27)25-20-13-23-26(14-20)15-22(28)24-19-5-3-4-6-19/h7-10,13-14,16,19H,3-6,11-12,15H2,1-2H3,(H,24,28)(H,25,27). The lowest BCUT2D eigenvalue weighted by Gasteiger charge is -2.11. The largest absolute Gasteiger partial charge is 0.352 e. The molecule has 0 aliphatic heterocycles. The molecule has 0 radical (unpaired) electrons. The maximum atomic E-state index is 12.3. The van der Waals surface area contributed by atoms with Gasteiger partial charge in [0.1, 0.15) is 6.54 Å². The van der Waals surface area contributed by atoms with Crippen molar-refractivity contribution in [2.45, 2.75) is 65.0 Å². The number of anilines is 1. The smallest absolute Gasteiger partial charge is 0.241 e. The molecule has 28 heavy (non-hydrogen) atoms. The number of carbonyl (C=O) groups excluding carboxylic acids is 2. The van der Waals surface area contributed by atoms with Crippen LogP contribution in [-0.2, 0) is 29.0 Å². The van der Waals surface area contributed by atoms with E-state index >= 15 is 0 Å². The average molecular weight is 383 g/mol. The molecule has 1 aromatic carbocycles. The van der Waals surface area contributed by atoms with Gasteiger partial charge >= 0.3 is 0 Å². The van der Waals surface area contributed by atoms with Crippen LogP contribution in [0.4, 0.5) is 5.69 Å². The minimum atomic E-state index is -0.0911. The van der Waals surface area contributed by atoms with Crippen LogP contribution in [0.3, 0.4) is 0 Å². The number of carbonyl (C=O) groups is 2. The van der Waals surface area contributed by atoms with Crippen LogP contribution in [0.5, 0.6) is 0 Å². The molecular weight excluding hydrogens is 352 g/mol. The molecule has 3 rings (SSSR count). The van der Waals surface area contributed by atoms with Gasteiger partial charge in [0.2, 0.25) is 11.8 Å². The molecule has 2 aromatic rings. The van der Waals surface area contributed by atoms with E-state index < -0.39 is 0 Å². The number of amides is 2. The van der Waals surface area contributed by atoms with Gasteiger partial charge in [-0.2, -0.15) is 5.10 Å². The first-order valence-electron chi connectivity index (χ1n) is 10.2. The van der Waals surface area contributed by atoms with E-state index in [1.807, 2.05) is 12.1 Å². The number of aromatic nitrogens is 2. The minimum Gasteiger partial charge on any atom is -0.352 e. The van der Waals surface area contributed by atoms with Crippen molar-refractivity contribution in [3.8, 4) is 0 Å². The fourth-order valence-electron chi connectivity index (χ4n) is 3.66. The van der Waals surface area contributed by atoms with Gasteiger partial charge in [0.25, 0.3) is 0 Å². The van der Waals surface area contributed by atoms with Gasteiger partial charge in [0.15, 0.2) is 0 Å². The van der Waals surface area contributed by atoms with Gasteiger partial charge in [0, 0.05) is 12.2 Å². The normalized spacial score (nSPS) is 14.4. The Morgan fingerprint density at radius 1 is 1.11 bits per heavy atom. The van der Waals surface area contributed by atoms with Crippen LogP contribution in [0.2, 0.25) is 0 Å². The zero-order valence-electron chi connectivity index (χ0n) is 16.8. The van der Waals surface area contributed by atoms with Crippen molar-refractivity contribution in [2.75, 3.05) is 5.32 Å². The van der Waals surface area contributed by atoms with Gasteiger partial charge in [-0.25, -0.2) is 0 Å². The van der Waals surface area contributed by atoms with Crippen LogP contribution in [0.15, 0.2) is 36.7 Å². The van der Waals surface area contributed by atoms with Gasteiger partial charge in [-0.3, -0.25) is 14.3 Å². The third kappa shape index (κ3) is 6.22. The molecule has 2 N–H and O–H groups in total. The summed E-state index contributed by atoms with van der Waals surface area (Å²) >= 11 is 0. The van der Waals surface area contributed by atoms with Crippen LogP contribution < -0.4 is 10.6 Å². The fraction of sp³-hybridized carbons (Fsp3) is 0.500. The molecule has 1 aliphatic rings. The number of hydrogen-bond donors (Lipinski definition) is 2. The monoisotopic (exact) mass is 382 g/mol. The number of hydrogen-bond acceptors (Lipinski definition) is 3. The summed E-state index contributed by atoms with van der Waals surface area (Å²) in [6.45, 7) is 4.56. The van der Waals surface area contributed by atoms with Gasteiger partial charge < -0.3 is 10.6 Å². The van der Waals surface area contributed by atoms with E-state index in [1.165, 1.54) is 18.4 Å². The summed E-state index contributed by atoms with van der Waals surface area (Å²) in [5.41, 5.74) is 2.87. The van der Waals surface area contributed by atoms with E-state index in [0.717, 1.165) is 24.8 Å². The van der Waals surface area contributed by atoms with Crippen LogP contribution in [0.1, 0.15) is 50.7 Å². The molecule has 6 nitrogen and oxygen atoms in total. The molecule has 1 fully saturated rings. The van der Waals surface area contributed by atoms with Crippen molar-refractivity contribution in [3.63, 3.8) is 0 Å². The SMILES string of the molecule is CC(C)Cc1ccc(CC(=O)Nc2cnn(CC(=O)NC3CCCC3)c2)cc1. The molecule has 1 saturated carbocycles. The van der Waals surface area contributed by atoms with Crippen LogP contribution in [-0.4, -0.2) is 27.6 Å². The predicted octanol–water partition coefficient (Wildman–Crippen LogP) is 3.32. The first-order valence-corrected chi connectivity index (χ1v) is 10.2. The maximum absolute atomic E-state index is 12.3. The lowest BCUT2D eigenvalue weighted by molar-refractivity contribution is -0.122. The first kappa shape index (κ1) is 20.1. The Hall–Kier alpha value is -2.63. The molecule has 1 aliphatic carbocycles. The quantitative estimate of drug-likeness (QED) is 0.735. The van der Waals surface area contributed by atoms with Crippen molar-refractivity contribution >= 4 is 17.5 Å². The van der Waals surface area contributed by atoms with Crippen LogP contribution >= 0.6 is 0 Å². The topological polar surface area (TPSA) is 76.0 Å². The zero-order valence-corrected chi connectivity index (χ0v) is 16.8. The molecule has 0 saturated heterocycles. The Morgan fingerprint density at radius 2 is 1.79 bits per heavy atom. The molecule has 6 heteroatoms. The second-order valence-electron chi connectivity index (χ2n) is 8.11. The van der Waals surface area contributed by atoms with E-state index in [2.05, 4.69) is 41.7 Å². The lowest BCUT2D eigenvalue weighted by atomic mass is 10.0. The van der Waals surface area contributed by atoms with Crippen molar-refractivity contribution in [2.24, 2.45) is 5.92 Å². The third-order valence-electron chi connectivity index (χ3n) is 4.97. The Morgan fingerprint density at radius 3 is 2.46 bits per heavy atom. The van der Waals surface area contributed by atoms with Crippen LogP contribution in [0.25, 0.3) is 0 Å². The highest BCUT2D eigenvalue weighted by Crippen LogP contribution is 2.17. The Kier molecular flexibility index (Phi) is 6.85. The number of benzene rings is 1. The second kappa shape index (κ2) is 9.53. The molecule has 0 spiro atoms. The molecular formula is C22H30N4O2. The van der Waals surface area contributed by atoms with E-state index in [-0.39, 0.29) is 18.4 Å². The molecule has 150 valence electrons. The molecule has 0 unspecified atom stereocenters. The molecule has 2 amide bonds. The predicted molar refractivity (Wildman–Crippen MR) is 110 cm³/mol. The van der Waals surface area contributed by atoms with Gasteiger partial charge in [-0.05, 0) is 36.3 Å². The summed E-state index contributed by atoms with van der Waals surface area (Å²) < 4.78 is 1.56. The third-order valence-corrected chi connectivity index (χ3v) is 4.97. The highest BCUT2D eigenvalue weighted by molar-refractivity contribution is 5.92.